The summed E-state index contributed by atoms with van der Waals surface area (Å²) in [6, 6.07) is 0. The van der Waals surface area contributed by atoms with Gasteiger partial charge in [0.15, 0.2) is 0 Å². The van der Waals surface area contributed by atoms with Crippen molar-refractivity contribution in [3.63, 3.8) is 0 Å². The van der Waals surface area contributed by atoms with Crippen LogP contribution in [0.4, 0.5) is 0 Å². The number of hydrogen-bond acceptors (Lipinski definition) is 10. The molecule has 1 saturated heterocycles. The zero-order valence-electron chi connectivity index (χ0n) is 29.0. The summed E-state index contributed by atoms with van der Waals surface area (Å²) in [7, 11) is 1.43. The van der Waals surface area contributed by atoms with Gasteiger partial charge in [-0.25, -0.2) is 0 Å². The monoisotopic (exact) mass is 648 g/mol. The normalized spacial score (nSPS) is 47.3. The van der Waals surface area contributed by atoms with Crippen LogP contribution in [-0.4, -0.2) is 48.8 Å². The molecule has 5 unspecified atom stereocenters. The Hall–Kier alpha value is -1.75. The molecule has 0 bridgehead atoms. The first-order chi connectivity index (χ1) is 21.8. The number of methoxy groups -OCH3 is 1. The molecule has 1 heterocycles. The molecule has 5 aliphatic carbocycles. The summed E-state index contributed by atoms with van der Waals surface area (Å²) in [4.78, 5) is 61.9. The molecule has 0 N–H and O–H groups in total. The average molecular weight is 649 g/mol. The van der Waals surface area contributed by atoms with Gasteiger partial charge in [0.05, 0.1) is 7.11 Å². The van der Waals surface area contributed by atoms with Gasteiger partial charge in [-0.15, -0.1) is 0 Å². The molecule has 260 valence electrons. The lowest BCUT2D eigenvalue weighted by atomic mass is 9.42. The van der Waals surface area contributed by atoms with E-state index in [1.165, 1.54) is 21.0 Å². The molecular weight excluding hydrogens is 592 g/mol. The number of carbonyl (C=O) groups excluding carboxylic acids is 3. The van der Waals surface area contributed by atoms with Gasteiger partial charge >= 0.3 is 17.9 Å². The molecule has 0 radical (unpaired) electrons. The van der Waals surface area contributed by atoms with Gasteiger partial charge in [-0.3, -0.25) is 14.4 Å². The molecule has 0 aromatic carbocycles. The molecule has 1 aliphatic heterocycles. The largest absolute Gasteiger partial charge is 0.469 e. The number of fused-ring (bicyclic) bond motifs is 5. The summed E-state index contributed by atoms with van der Waals surface area (Å²) in [5.74, 6) is -1.28. The Bertz CT molecular complexity index is 1160. The van der Waals surface area contributed by atoms with Crippen molar-refractivity contribution in [1.82, 2.24) is 0 Å². The van der Waals surface area contributed by atoms with Crippen molar-refractivity contribution in [2.45, 2.75) is 149 Å². The van der Waals surface area contributed by atoms with Crippen molar-refractivity contribution < 1.29 is 48.1 Å². The van der Waals surface area contributed by atoms with Crippen LogP contribution >= 0.6 is 0 Å². The standard InChI is InChI=1S/C36H56O10/c1-21(11-14-31(39)40-7)26-12-13-27-32-28(19-30(34(26,27)6)42-24(4)38)33(5)16-17-35(20-25(33)18-29(32)41-23(3)37)43-45-36(46-44-35)15-9-8-10-22(36)2/h21-22,25-30,32H,8-20H2,1-7H3/t21?,22?,25-,26-,27?,28?,29-,30+,32?,33+,34-,35?,36?/m1/s1. The first kappa shape index (κ1) is 34.1. The zero-order valence-corrected chi connectivity index (χ0v) is 29.0. The maximum Gasteiger partial charge on any atom is 0.305 e. The third-order valence-corrected chi connectivity index (χ3v) is 14.0. The molecule has 0 aromatic heterocycles. The highest BCUT2D eigenvalue weighted by Crippen LogP contribution is 2.70. The first-order valence-corrected chi connectivity index (χ1v) is 17.9. The van der Waals surface area contributed by atoms with E-state index >= 15 is 0 Å². The van der Waals surface area contributed by atoms with E-state index in [0.29, 0.717) is 32.1 Å². The summed E-state index contributed by atoms with van der Waals surface area (Å²) < 4.78 is 17.5. The van der Waals surface area contributed by atoms with Gasteiger partial charge in [-0.05, 0) is 86.4 Å². The van der Waals surface area contributed by atoms with E-state index in [2.05, 4.69) is 27.7 Å². The molecule has 0 aromatic rings. The Kier molecular flexibility index (Phi) is 9.35. The van der Waals surface area contributed by atoms with Gasteiger partial charge in [0.25, 0.3) is 0 Å². The third-order valence-electron chi connectivity index (χ3n) is 14.0. The molecule has 6 rings (SSSR count). The van der Waals surface area contributed by atoms with E-state index in [-0.39, 0.29) is 82.4 Å². The van der Waals surface area contributed by atoms with Gasteiger partial charge in [0.2, 0.25) is 11.6 Å². The quantitative estimate of drug-likeness (QED) is 0.172. The van der Waals surface area contributed by atoms with E-state index in [1.807, 2.05) is 0 Å². The van der Waals surface area contributed by atoms with Crippen LogP contribution in [-0.2, 0) is 48.1 Å². The molecule has 11 atom stereocenters. The van der Waals surface area contributed by atoms with Crippen molar-refractivity contribution in [3.05, 3.63) is 0 Å². The SMILES string of the molecule is COC(=O)CCC(C)[C@H]1CCC2C3C(C[C@H](OC(C)=O)[C@@]21C)[C@@]1(C)CCC2(C[C@H]1C[C@H]3OC(C)=O)OOC1(CCCCC1C)OO2. The Morgan fingerprint density at radius 1 is 0.870 bits per heavy atom. The van der Waals surface area contributed by atoms with E-state index in [1.54, 1.807) is 0 Å². The average Bonchev–Trinajstić information content (AvgIpc) is 3.37. The van der Waals surface area contributed by atoms with Crippen molar-refractivity contribution in [2.24, 2.45) is 52.3 Å². The van der Waals surface area contributed by atoms with Gasteiger partial charge in [0, 0.05) is 56.8 Å². The lowest BCUT2D eigenvalue weighted by Crippen LogP contribution is -2.65. The number of hydrogen-bond donors (Lipinski definition) is 0. The Morgan fingerprint density at radius 2 is 1.59 bits per heavy atom. The summed E-state index contributed by atoms with van der Waals surface area (Å²) in [5.41, 5.74) is -0.414. The Balaban J connectivity index is 1.28. The second-order valence-corrected chi connectivity index (χ2v) is 16.3. The lowest BCUT2D eigenvalue weighted by molar-refractivity contribution is -0.671. The minimum Gasteiger partial charge on any atom is -0.469 e. The first-order valence-electron chi connectivity index (χ1n) is 17.9. The van der Waals surface area contributed by atoms with E-state index < -0.39 is 11.6 Å². The Labute approximate surface area is 274 Å². The molecule has 0 amide bonds. The fourth-order valence-electron chi connectivity index (χ4n) is 11.4. The predicted octanol–water partition coefficient (Wildman–Crippen LogP) is 6.83. The fourth-order valence-corrected chi connectivity index (χ4v) is 11.4. The number of ether oxygens (including phenoxy) is 3. The smallest absolute Gasteiger partial charge is 0.305 e. The highest BCUT2D eigenvalue weighted by atomic mass is 17.4. The predicted molar refractivity (Wildman–Crippen MR) is 165 cm³/mol. The minimum absolute atomic E-state index is 0.110. The lowest BCUT2D eigenvalue weighted by Gasteiger charge is -2.65. The van der Waals surface area contributed by atoms with Crippen molar-refractivity contribution in [3.8, 4) is 0 Å². The van der Waals surface area contributed by atoms with Crippen LogP contribution in [0.3, 0.4) is 0 Å². The highest BCUT2D eigenvalue weighted by molar-refractivity contribution is 5.69. The summed E-state index contributed by atoms with van der Waals surface area (Å²) in [5, 5.41) is 0. The van der Waals surface area contributed by atoms with Crippen LogP contribution < -0.4 is 0 Å². The van der Waals surface area contributed by atoms with Crippen molar-refractivity contribution in [2.75, 3.05) is 7.11 Å². The number of esters is 3. The molecule has 5 saturated carbocycles. The second kappa shape index (κ2) is 12.6. The van der Waals surface area contributed by atoms with Crippen molar-refractivity contribution in [1.29, 1.82) is 0 Å². The highest BCUT2D eigenvalue weighted by Gasteiger charge is 2.69. The third kappa shape index (κ3) is 5.71. The number of rotatable bonds is 6. The van der Waals surface area contributed by atoms with Gasteiger partial charge < -0.3 is 14.2 Å². The van der Waals surface area contributed by atoms with Crippen LogP contribution in [0.2, 0.25) is 0 Å². The fraction of sp³-hybridized carbons (Fsp3) is 0.917. The molecular formula is C36H56O10. The molecule has 10 nitrogen and oxygen atoms in total. The van der Waals surface area contributed by atoms with Gasteiger partial charge in [-0.2, -0.15) is 19.6 Å². The maximum absolute atomic E-state index is 12.6. The molecule has 46 heavy (non-hydrogen) atoms. The van der Waals surface area contributed by atoms with E-state index in [0.717, 1.165) is 51.4 Å². The minimum atomic E-state index is -1.01. The van der Waals surface area contributed by atoms with Crippen LogP contribution in [0.15, 0.2) is 0 Å². The summed E-state index contributed by atoms with van der Waals surface area (Å²) >= 11 is 0. The van der Waals surface area contributed by atoms with Crippen LogP contribution in [0.5, 0.6) is 0 Å². The molecule has 2 spiro atoms. The molecule has 6 fully saturated rings. The van der Waals surface area contributed by atoms with Gasteiger partial charge in [0.1, 0.15) is 12.2 Å². The topological polar surface area (TPSA) is 116 Å². The summed E-state index contributed by atoms with van der Waals surface area (Å²) in [6.45, 7) is 12.0. The van der Waals surface area contributed by atoms with E-state index in [4.69, 9.17) is 33.8 Å². The van der Waals surface area contributed by atoms with Crippen molar-refractivity contribution >= 4 is 17.9 Å². The van der Waals surface area contributed by atoms with Crippen LogP contribution in [0.25, 0.3) is 0 Å². The molecule has 10 heteroatoms. The molecule has 6 aliphatic rings. The van der Waals surface area contributed by atoms with E-state index in [9.17, 15) is 14.4 Å². The number of carbonyl (C=O) groups is 3. The Morgan fingerprint density at radius 3 is 2.24 bits per heavy atom. The maximum atomic E-state index is 12.6. The van der Waals surface area contributed by atoms with Crippen LogP contribution in [0.1, 0.15) is 125 Å². The zero-order chi connectivity index (χ0) is 33.1. The van der Waals surface area contributed by atoms with Gasteiger partial charge in [-0.1, -0.05) is 34.1 Å². The second-order valence-electron chi connectivity index (χ2n) is 16.3. The summed E-state index contributed by atoms with van der Waals surface area (Å²) in [6.07, 6.45) is 9.85. The van der Waals surface area contributed by atoms with Crippen LogP contribution in [0, 0.1) is 52.3 Å².